The first kappa shape index (κ1) is 10.1. The van der Waals surface area contributed by atoms with E-state index in [2.05, 4.69) is 9.97 Å². The fourth-order valence-electron chi connectivity index (χ4n) is 1.31. The Labute approximate surface area is 89.1 Å². The Morgan fingerprint density at radius 3 is 2.75 bits per heavy atom. The van der Waals surface area contributed by atoms with Gasteiger partial charge < -0.3 is 10.7 Å². The number of rotatable bonds is 2. The Bertz CT molecular complexity index is 552. The van der Waals surface area contributed by atoms with Crippen molar-refractivity contribution in [3.8, 4) is 11.3 Å². The number of hydrogen-bond acceptors (Lipinski definition) is 4. The molecule has 0 saturated heterocycles. The zero-order valence-electron chi connectivity index (χ0n) is 7.98. The average molecular weight is 222 g/mol. The molecule has 6 nitrogen and oxygen atoms in total. The minimum absolute atomic E-state index is 0.160. The second-order valence-corrected chi connectivity index (χ2v) is 3.10. The lowest BCUT2D eigenvalue weighted by atomic mass is 10.1. The van der Waals surface area contributed by atoms with Crippen LogP contribution in [0.15, 0.2) is 24.4 Å². The second kappa shape index (κ2) is 3.61. The molecule has 0 spiro atoms. The SMILES string of the molecule is Nc1ncc(-c2ccc([N+](=O)[O-])cc2F)[nH]1. The van der Waals surface area contributed by atoms with Crippen molar-refractivity contribution in [3.63, 3.8) is 0 Å². The standard InChI is InChI=1S/C9H7FN4O2/c10-7-3-5(14(15)16)1-2-6(7)8-4-12-9(11)13-8/h1-4H,(H3,11,12,13). The number of nitrogens with zero attached hydrogens (tertiary/aromatic N) is 2. The van der Waals surface area contributed by atoms with E-state index in [0.717, 1.165) is 6.07 Å². The zero-order valence-corrected chi connectivity index (χ0v) is 7.98. The highest BCUT2D eigenvalue weighted by Gasteiger charge is 2.13. The molecule has 0 aliphatic heterocycles. The van der Waals surface area contributed by atoms with E-state index in [-0.39, 0.29) is 17.2 Å². The topological polar surface area (TPSA) is 97.8 Å². The highest BCUT2D eigenvalue weighted by molar-refractivity contribution is 5.62. The molecule has 3 N–H and O–H groups in total. The normalized spacial score (nSPS) is 10.3. The van der Waals surface area contributed by atoms with E-state index in [4.69, 9.17) is 5.73 Å². The molecule has 7 heteroatoms. The number of H-pyrrole nitrogens is 1. The minimum atomic E-state index is -0.696. The number of aromatic amines is 1. The zero-order chi connectivity index (χ0) is 11.7. The number of hydrogen-bond donors (Lipinski definition) is 2. The number of imidazole rings is 1. The fraction of sp³-hybridized carbons (Fsp3) is 0. The van der Waals surface area contributed by atoms with E-state index in [1.54, 1.807) is 0 Å². The van der Waals surface area contributed by atoms with Crippen LogP contribution in [-0.4, -0.2) is 14.9 Å². The number of aromatic nitrogens is 2. The largest absolute Gasteiger partial charge is 0.369 e. The molecule has 0 unspecified atom stereocenters. The van der Waals surface area contributed by atoms with Crippen molar-refractivity contribution in [3.05, 3.63) is 40.3 Å². The van der Waals surface area contributed by atoms with Crippen LogP contribution in [0.1, 0.15) is 0 Å². The van der Waals surface area contributed by atoms with E-state index in [1.165, 1.54) is 18.3 Å². The third kappa shape index (κ3) is 1.70. The first-order valence-electron chi connectivity index (χ1n) is 4.32. The molecule has 0 aliphatic carbocycles. The number of nitro benzene ring substituents is 1. The van der Waals surface area contributed by atoms with Gasteiger partial charge in [-0.3, -0.25) is 10.1 Å². The van der Waals surface area contributed by atoms with Gasteiger partial charge in [0.25, 0.3) is 5.69 Å². The number of non-ortho nitro benzene ring substituents is 1. The van der Waals surface area contributed by atoms with Crippen molar-refractivity contribution >= 4 is 11.6 Å². The number of nitrogen functional groups attached to an aromatic ring is 1. The molecule has 1 aromatic heterocycles. The summed E-state index contributed by atoms with van der Waals surface area (Å²) >= 11 is 0. The first-order chi connectivity index (χ1) is 7.58. The van der Waals surface area contributed by atoms with Crippen LogP contribution in [0.25, 0.3) is 11.3 Å². The molecule has 0 radical (unpaired) electrons. The fourth-order valence-corrected chi connectivity index (χ4v) is 1.31. The average Bonchev–Trinajstić information content (AvgIpc) is 2.64. The van der Waals surface area contributed by atoms with E-state index < -0.39 is 10.7 Å². The van der Waals surface area contributed by atoms with Gasteiger partial charge in [-0.05, 0) is 6.07 Å². The molecule has 0 amide bonds. The summed E-state index contributed by atoms with van der Waals surface area (Å²) in [5.74, 6) is -0.536. The van der Waals surface area contributed by atoms with Crippen LogP contribution < -0.4 is 5.73 Å². The van der Waals surface area contributed by atoms with Crippen LogP contribution in [0.2, 0.25) is 0 Å². The molecule has 0 aliphatic rings. The summed E-state index contributed by atoms with van der Waals surface area (Å²) in [4.78, 5) is 16.1. The highest BCUT2D eigenvalue weighted by atomic mass is 19.1. The maximum Gasteiger partial charge on any atom is 0.272 e. The third-order valence-corrected chi connectivity index (χ3v) is 2.05. The van der Waals surface area contributed by atoms with Gasteiger partial charge in [-0.2, -0.15) is 0 Å². The van der Waals surface area contributed by atoms with Crippen LogP contribution in [-0.2, 0) is 0 Å². The Hall–Kier alpha value is -2.44. The summed E-state index contributed by atoms with van der Waals surface area (Å²) in [7, 11) is 0. The highest BCUT2D eigenvalue weighted by Crippen LogP contribution is 2.24. The molecule has 0 saturated carbocycles. The van der Waals surface area contributed by atoms with Crippen molar-refractivity contribution in [2.24, 2.45) is 0 Å². The number of anilines is 1. The van der Waals surface area contributed by atoms with Crippen molar-refractivity contribution in [2.45, 2.75) is 0 Å². The molecule has 82 valence electrons. The van der Waals surface area contributed by atoms with Crippen molar-refractivity contribution in [1.29, 1.82) is 0 Å². The maximum atomic E-state index is 13.5. The summed E-state index contributed by atoms with van der Waals surface area (Å²) in [6.07, 6.45) is 1.36. The number of nitrogens with one attached hydrogen (secondary N) is 1. The van der Waals surface area contributed by atoms with Crippen molar-refractivity contribution in [2.75, 3.05) is 5.73 Å². The molecule has 0 fully saturated rings. The maximum absolute atomic E-state index is 13.5. The Morgan fingerprint density at radius 2 is 2.25 bits per heavy atom. The molecule has 0 atom stereocenters. The van der Waals surface area contributed by atoms with Gasteiger partial charge in [0.1, 0.15) is 5.82 Å². The molecule has 2 rings (SSSR count). The lowest BCUT2D eigenvalue weighted by molar-refractivity contribution is -0.385. The number of halogens is 1. The van der Waals surface area contributed by atoms with E-state index >= 15 is 0 Å². The van der Waals surface area contributed by atoms with E-state index in [1.807, 2.05) is 0 Å². The van der Waals surface area contributed by atoms with Gasteiger partial charge in [0.15, 0.2) is 5.95 Å². The lowest BCUT2D eigenvalue weighted by Crippen LogP contribution is -1.91. The Balaban J connectivity index is 2.47. The molecule has 16 heavy (non-hydrogen) atoms. The summed E-state index contributed by atoms with van der Waals surface area (Å²) < 4.78 is 13.5. The quantitative estimate of drug-likeness (QED) is 0.596. The predicted molar refractivity (Wildman–Crippen MR) is 55.0 cm³/mol. The van der Waals surface area contributed by atoms with Crippen LogP contribution in [0.4, 0.5) is 16.0 Å². The third-order valence-electron chi connectivity index (χ3n) is 2.05. The van der Waals surface area contributed by atoms with Crippen LogP contribution in [0.3, 0.4) is 0 Å². The van der Waals surface area contributed by atoms with Gasteiger partial charge in [0.05, 0.1) is 22.9 Å². The molecular weight excluding hydrogens is 215 g/mol. The minimum Gasteiger partial charge on any atom is -0.369 e. The summed E-state index contributed by atoms with van der Waals surface area (Å²) in [6, 6.07) is 3.38. The molecule has 2 aromatic rings. The van der Waals surface area contributed by atoms with Crippen LogP contribution in [0.5, 0.6) is 0 Å². The Kier molecular flexibility index (Phi) is 2.28. The van der Waals surface area contributed by atoms with E-state index in [9.17, 15) is 14.5 Å². The lowest BCUT2D eigenvalue weighted by Gasteiger charge is -1.99. The van der Waals surface area contributed by atoms with Gasteiger partial charge >= 0.3 is 0 Å². The van der Waals surface area contributed by atoms with Crippen molar-refractivity contribution in [1.82, 2.24) is 9.97 Å². The number of benzene rings is 1. The van der Waals surface area contributed by atoms with Gasteiger partial charge in [-0.15, -0.1) is 0 Å². The van der Waals surface area contributed by atoms with Crippen LogP contribution >= 0.6 is 0 Å². The van der Waals surface area contributed by atoms with E-state index in [0.29, 0.717) is 5.69 Å². The van der Waals surface area contributed by atoms with Gasteiger partial charge in [0.2, 0.25) is 0 Å². The van der Waals surface area contributed by atoms with Gasteiger partial charge in [-0.1, -0.05) is 0 Å². The smallest absolute Gasteiger partial charge is 0.272 e. The monoisotopic (exact) mass is 222 g/mol. The van der Waals surface area contributed by atoms with Crippen LogP contribution in [0, 0.1) is 15.9 Å². The van der Waals surface area contributed by atoms with Crippen molar-refractivity contribution < 1.29 is 9.31 Å². The molecular formula is C9H7FN4O2. The summed E-state index contributed by atoms with van der Waals surface area (Å²) in [5, 5.41) is 10.4. The first-order valence-corrected chi connectivity index (χ1v) is 4.32. The molecule has 1 aromatic carbocycles. The summed E-state index contributed by atoms with van der Waals surface area (Å²) in [5.41, 5.74) is 5.62. The molecule has 1 heterocycles. The summed E-state index contributed by atoms with van der Waals surface area (Å²) in [6.45, 7) is 0. The number of nitro groups is 1. The Morgan fingerprint density at radius 1 is 1.50 bits per heavy atom. The van der Waals surface area contributed by atoms with Gasteiger partial charge in [0, 0.05) is 11.6 Å². The molecule has 0 bridgehead atoms. The second-order valence-electron chi connectivity index (χ2n) is 3.10. The number of nitrogens with two attached hydrogens (primary N) is 1. The van der Waals surface area contributed by atoms with Gasteiger partial charge in [-0.25, -0.2) is 9.37 Å². The predicted octanol–water partition coefficient (Wildman–Crippen LogP) is 1.71.